The molecule has 0 atom stereocenters. The molecule has 0 aliphatic heterocycles. The molecular weight excluding hydrogens is 358 g/mol. The molecule has 6 heteroatoms. The van der Waals surface area contributed by atoms with E-state index in [0.29, 0.717) is 11.5 Å². The highest BCUT2D eigenvalue weighted by Crippen LogP contribution is 2.28. The molecule has 0 aromatic heterocycles. The maximum Gasteiger partial charge on any atom is 0.325 e. The van der Waals surface area contributed by atoms with E-state index in [1.807, 2.05) is 61.5 Å². The molecule has 0 spiro atoms. The largest absolute Gasteiger partial charge is 0.493 e. The summed E-state index contributed by atoms with van der Waals surface area (Å²) in [6, 6.07) is 14.9. The fourth-order valence-electron chi connectivity index (χ4n) is 2.59. The fraction of sp³-hybridized carbons (Fsp3) is 0.273. The molecule has 0 saturated carbocycles. The van der Waals surface area contributed by atoms with Crippen molar-refractivity contribution < 1.29 is 23.8 Å². The zero-order valence-electron chi connectivity index (χ0n) is 16.4. The molecule has 2 rings (SSSR count). The average molecular weight is 383 g/mol. The van der Waals surface area contributed by atoms with Gasteiger partial charge in [-0.25, -0.2) is 0 Å². The van der Waals surface area contributed by atoms with E-state index in [9.17, 15) is 9.59 Å². The van der Waals surface area contributed by atoms with Crippen molar-refractivity contribution in [1.29, 1.82) is 0 Å². The van der Waals surface area contributed by atoms with Gasteiger partial charge >= 0.3 is 5.97 Å². The number of amides is 1. The van der Waals surface area contributed by atoms with Crippen LogP contribution in [0.2, 0.25) is 0 Å². The maximum absolute atomic E-state index is 12.7. The predicted molar refractivity (Wildman–Crippen MR) is 107 cm³/mol. The summed E-state index contributed by atoms with van der Waals surface area (Å²) < 4.78 is 15.7. The summed E-state index contributed by atoms with van der Waals surface area (Å²) in [6.45, 7) is 1.85. The van der Waals surface area contributed by atoms with Crippen molar-refractivity contribution in [2.24, 2.45) is 0 Å². The first-order chi connectivity index (χ1) is 13.6. The second-order valence-corrected chi connectivity index (χ2v) is 6.01. The summed E-state index contributed by atoms with van der Waals surface area (Å²) in [6.07, 6.45) is 3.86. The van der Waals surface area contributed by atoms with Crippen molar-refractivity contribution in [2.75, 3.05) is 27.4 Å². The van der Waals surface area contributed by atoms with Gasteiger partial charge in [-0.1, -0.05) is 48.6 Å². The van der Waals surface area contributed by atoms with Crippen LogP contribution in [0, 0.1) is 0 Å². The van der Waals surface area contributed by atoms with Gasteiger partial charge in [0.05, 0.1) is 14.2 Å². The fourth-order valence-corrected chi connectivity index (χ4v) is 2.59. The molecule has 0 heterocycles. The van der Waals surface area contributed by atoms with Gasteiger partial charge < -0.3 is 19.1 Å². The molecule has 2 aromatic rings. The lowest BCUT2D eigenvalue weighted by Crippen LogP contribution is -2.38. The highest BCUT2D eigenvalue weighted by Gasteiger charge is 2.19. The molecule has 0 radical (unpaired) electrons. The third kappa shape index (κ3) is 6.16. The first kappa shape index (κ1) is 21.0. The number of methoxy groups -OCH3 is 2. The number of hydrogen-bond donors (Lipinski definition) is 0. The normalized spacial score (nSPS) is 10.5. The van der Waals surface area contributed by atoms with Crippen LogP contribution < -0.4 is 9.47 Å². The molecule has 0 fully saturated rings. The summed E-state index contributed by atoms with van der Waals surface area (Å²) in [5.41, 5.74) is 1.88. The Kier molecular flexibility index (Phi) is 8.09. The Hall–Kier alpha value is -3.28. The van der Waals surface area contributed by atoms with Gasteiger partial charge in [-0.15, -0.1) is 0 Å². The average Bonchev–Trinajstić information content (AvgIpc) is 2.72. The van der Waals surface area contributed by atoms with Crippen LogP contribution in [0.5, 0.6) is 11.5 Å². The van der Waals surface area contributed by atoms with E-state index in [0.717, 1.165) is 11.1 Å². The highest BCUT2D eigenvalue weighted by molar-refractivity contribution is 5.83. The summed E-state index contributed by atoms with van der Waals surface area (Å²) in [7, 11) is 2.84. The van der Waals surface area contributed by atoms with E-state index in [2.05, 4.69) is 0 Å². The second kappa shape index (κ2) is 10.8. The third-order valence-corrected chi connectivity index (χ3v) is 4.01. The number of benzene rings is 2. The van der Waals surface area contributed by atoms with Crippen molar-refractivity contribution >= 4 is 18.0 Å². The molecule has 148 valence electrons. The standard InChI is InChI=1S/C22H25NO5/c1-4-8-17-11-12-19(20(13-17)26-2)28-16-21(24)23(15-22(25)27-3)14-18-9-6-5-7-10-18/h4-13H,14-16H2,1-3H3/b8-4+. The summed E-state index contributed by atoms with van der Waals surface area (Å²) >= 11 is 0. The van der Waals surface area contributed by atoms with Crippen LogP contribution in [0.4, 0.5) is 0 Å². The monoisotopic (exact) mass is 383 g/mol. The lowest BCUT2D eigenvalue weighted by Gasteiger charge is -2.22. The Morgan fingerprint density at radius 3 is 2.43 bits per heavy atom. The first-order valence-electron chi connectivity index (χ1n) is 8.89. The zero-order valence-corrected chi connectivity index (χ0v) is 16.4. The van der Waals surface area contributed by atoms with Crippen LogP contribution in [-0.4, -0.2) is 44.1 Å². The number of hydrogen-bond acceptors (Lipinski definition) is 5. The number of ether oxygens (including phenoxy) is 3. The molecule has 0 aliphatic carbocycles. The number of esters is 1. The number of carbonyl (C=O) groups is 2. The molecule has 0 N–H and O–H groups in total. The lowest BCUT2D eigenvalue weighted by molar-refractivity contribution is -0.148. The molecule has 28 heavy (non-hydrogen) atoms. The van der Waals surface area contributed by atoms with Crippen molar-refractivity contribution in [3.8, 4) is 11.5 Å². The summed E-state index contributed by atoms with van der Waals surface area (Å²) in [4.78, 5) is 25.8. The van der Waals surface area contributed by atoms with Gasteiger partial charge in [-0.3, -0.25) is 9.59 Å². The Morgan fingerprint density at radius 2 is 1.79 bits per heavy atom. The summed E-state index contributed by atoms with van der Waals surface area (Å²) in [5, 5.41) is 0. The molecule has 6 nitrogen and oxygen atoms in total. The van der Waals surface area contributed by atoms with Gasteiger partial charge in [0.1, 0.15) is 6.54 Å². The van der Waals surface area contributed by atoms with Crippen LogP contribution >= 0.6 is 0 Å². The van der Waals surface area contributed by atoms with E-state index in [-0.39, 0.29) is 25.6 Å². The highest BCUT2D eigenvalue weighted by atomic mass is 16.5. The van der Waals surface area contributed by atoms with Crippen LogP contribution in [0.3, 0.4) is 0 Å². The van der Waals surface area contributed by atoms with Gasteiger partial charge in [0.15, 0.2) is 18.1 Å². The molecule has 2 aromatic carbocycles. The van der Waals surface area contributed by atoms with Crippen LogP contribution in [0.25, 0.3) is 6.08 Å². The number of rotatable bonds is 9. The minimum absolute atomic E-state index is 0.148. The maximum atomic E-state index is 12.7. The quantitative estimate of drug-likeness (QED) is 0.622. The zero-order chi connectivity index (χ0) is 20.4. The van der Waals surface area contributed by atoms with E-state index in [1.54, 1.807) is 13.2 Å². The number of carbonyl (C=O) groups excluding carboxylic acids is 2. The minimum atomic E-state index is -0.488. The molecule has 0 unspecified atom stereocenters. The van der Waals surface area contributed by atoms with Gasteiger partial charge in [0.2, 0.25) is 0 Å². The Morgan fingerprint density at radius 1 is 1.04 bits per heavy atom. The smallest absolute Gasteiger partial charge is 0.325 e. The van der Waals surface area contributed by atoms with Crippen LogP contribution in [0.1, 0.15) is 18.1 Å². The predicted octanol–water partition coefficient (Wildman–Crippen LogP) is 3.31. The topological polar surface area (TPSA) is 65.1 Å². The van der Waals surface area contributed by atoms with Crippen LogP contribution in [-0.2, 0) is 20.9 Å². The van der Waals surface area contributed by atoms with Gasteiger partial charge in [0.25, 0.3) is 5.91 Å². The molecule has 0 bridgehead atoms. The molecular formula is C22H25NO5. The second-order valence-electron chi connectivity index (χ2n) is 6.01. The Bertz CT molecular complexity index is 817. The SMILES string of the molecule is C/C=C/c1ccc(OCC(=O)N(CC(=O)OC)Cc2ccccc2)c(OC)c1. The van der Waals surface area contributed by atoms with Crippen molar-refractivity contribution in [1.82, 2.24) is 4.90 Å². The first-order valence-corrected chi connectivity index (χ1v) is 8.89. The van der Waals surface area contributed by atoms with E-state index in [4.69, 9.17) is 14.2 Å². The van der Waals surface area contributed by atoms with Crippen molar-refractivity contribution in [3.63, 3.8) is 0 Å². The van der Waals surface area contributed by atoms with Crippen molar-refractivity contribution in [2.45, 2.75) is 13.5 Å². The van der Waals surface area contributed by atoms with Crippen molar-refractivity contribution in [3.05, 3.63) is 65.7 Å². The third-order valence-electron chi connectivity index (χ3n) is 4.01. The summed E-state index contributed by atoms with van der Waals surface area (Å²) in [5.74, 6) is 0.180. The van der Waals surface area contributed by atoms with Gasteiger partial charge in [-0.05, 0) is 30.2 Å². The Balaban J connectivity index is 2.09. The molecule has 0 aliphatic rings. The van der Waals surface area contributed by atoms with E-state index in [1.165, 1.54) is 12.0 Å². The van der Waals surface area contributed by atoms with E-state index >= 15 is 0 Å². The number of allylic oxidation sites excluding steroid dienone is 1. The minimum Gasteiger partial charge on any atom is -0.493 e. The van der Waals surface area contributed by atoms with Gasteiger partial charge in [0, 0.05) is 6.54 Å². The van der Waals surface area contributed by atoms with Gasteiger partial charge in [-0.2, -0.15) is 0 Å². The molecule has 0 saturated heterocycles. The number of nitrogens with zero attached hydrogens (tertiary/aromatic N) is 1. The molecule has 1 amide bonds. The lowest BCUT2D eigenvalue weighted by atomic mass is 10.2. The Labute approximate surface area is 165 Å². The van der Waals surface area contributed by atoms with E-state index < -0.39 is 5.97 Å². The van der Waals surface area contributed by atoms with Crippen LogP contribution in [0.15, 0.2) is 54.6 Å².